The van der Waals surface area contributed by atoms with Gasteiger partial charge in [0.15, 0.2) is 0 Å². The summed E-state index contributed by atoms with van der Waals surface area (Å²) in [6.45, 7) is 5.61. The average Bonchev–Trinajstić information content (AvgIpc) is 2.91. The molecule has 1 aliphatic rings. The summed E-state index contributed by atoms with van der Waals surface area (Å²) in [6, 6.07) is 6.12. The highest BCUT2D eigenvalue weighted by molar-refractivity contribution is 8.13. The fourth-order valence-corrected chi connectivity index (χ4v) is 4.02. The van der Waals surface area contributed by atoms with Crippen molar-refractivity contribution < 1.29 is 13.2 Å². The second-order valence-corrected chi connectivity index (χ2v) is 8.15. The second kappa shape index (κ2) is 5.97. The van der Waals surface area contributed by atoms with Gasteiger partial charge in [0.25, 0.3) is 15.0 Å². The minimum atomic E-state index is -3.92. The molecule has 0 spiro atoms. The number of hydrogen-bond donors (Lipinski definition) is 0. The highest BCUT2D eigenvalue weighted by Gasteiger charge is 2.38. The lowest BCUT2D eigenvalue weighted by Crippen LogP contribution is -2.32. The maximum Gasteiger partial charge on any atom is 0.262 e. The van der Waals surface area contributed by atoms with Gasteiger partial charge in [0, 0.05) is 23.8 Å². The number of carbonyl (C=O) groups is 1. The van der Waals surface area contributed by atoms with Crippen LogP contribution in [0.5, 0.6) is 0 Å². The maximum atomic E-state index is 12.6. The molecule has 0 saturated carbocycles. The molecule has 0 radical (unpaired) electrons. The van der Waals surface area contributed by atoms with E-state index in [0.29, 0.717) is 13.1 Å². The molecule has 1 aromatic carbocycles. The van der Waals surface area contributed by atoms with Crippen LogP contribution in [0.2, 0.25) is 0 Å². The van der Waals surface area contributed by atoms with Crippen LogP contribution in [-0.4, -0.2) is 32.3 Å². The third-order valence-electron chi connectivity index (χ3n) is 4.61. The highest BCUT2D eigenvalue weighted by atomic mass is 35.7. The lowest BCUT2D eigenvalue weighted by Gasteiger charge is -2.26. The summed E-state index contributed by atoms with van der Waals surface area (Å²) in [6.07, 6.45) is 2.99. The molecule has 1 aromatic rings. The lowest BCUT2D eigenvalue weighted by molar-refractivity contribution is 0.0766. The highest BCUT2D eigenvalue weighted by Crippen LogP contribution is 2.37. The Kier molecular flexibility index (Phi) is 4.63. The van der Waals surface area contributed by atoms with E-state index in [9.17, 15) is 13.2 Å². The molecule has 0 N–H and O–H groups in total. The molecule has 2 rings (SSSR count). The van der Waals surface area contributed by atoms with Crippen LogP contribution in [0.15, 0.2) is 29.2 Å². The minimum Gasteiger partial charge on any atom is -0.338 e. The maximum absolute atomic E-state index is 12.6. The number of hydrogen-bond acceptors (Lipinski definition) is 3. The van der Waals surface area contributed by atoms with Gasteiger partial charge in [0.2, 0.25) is 0 Å². The molecule has 0 aromatic heterocycles. The summed E-state index contributed by atoms with van der Waals surface area (Å²) in [4.78, 5) is 14.3. The van der Waals surface area contributed by atoms with Gasteiger partial charge in [-0.1, -0.05) is 26.0 Å². The first kappa shape index (κ1) is 16.3. The molecule has 0 bridgehead atoms. The molecule has 1 saturated heterocycles. The van der Waals surface area contributed by atoms with Gasteiger partial charge >= 0.3 is 0 Å². The van der Waals surface area contributed by atoms with Gasteiger partial charge in [-0.3, -0.25) is 4.79 Å². The van der Waals surface area contributed by atoms with Crippen molar-refractivity contribution in [2.45, 2.75) is 38.0 Å². The number of benzene rings is 1. The van der Waals surface area contributed by atoms with E-state index in [1.54, 1.807) is 17.0 Å². The molecular weight excluding hydrogens is 310 g/mol. The first-order valence-corrected chi connectivity index (χ1v) is 9.47. The number of halogens is 1. The molecule has 0 aliphatic carbocycles. The first-order valence-electron chi connectivity index (χ1n) is 7.16. The number of amides is 1. The lowest BCUT2D eigenvalue weighted by atomic mass is 9.82. The third-order valence-corrected chi connectivity index (χ3v) is 5.99. The van der Waals surface area contributed by atoms with E-state index in [1.165, 1.54) is 12.1 Å². The molecule has 4 nitrogen and oxygen atoms in total. The zero-order chi connectivity index (χ0) is 15.7. The summed E-state index contributed by atoms with van der Waals surface area (Å²) in [7, 11) is 1.50. The number of carbonyl (C=O) groups excluding carboxylic acids is 1. The Morgan fingerprint density at radius 3 is 2.43 bits per heavy atom. The van der Waals surface area contributed by atoms with E-state index in [4.69, 9.17) is 10.7 Å². The zero-order valence-corrected chi connectivity index (χ0v) is 13.9. The number of rotatable bonds is 4. The minimum absolute atomic E-state index is 0.109. The quantitative estimate of drug-likeness (QED) is 0.797. The van der Waals surface area contributed by atoms with Crippen molar-refractivity contribution >= 4 is 25.6 Å². The Bertz CT molecular complexity index is 638. The van der Waals surface area contributed by atoms with E-state index in [1.807, 2.05) is 0 Å². The van der Waals surface area contributed by atoms with Gasteiger partial charge in [-0.05, 0) is 36.8 Å². The van der Waals surface area contributed by atoms with Crippen LogP contribution in [0.1, 0.15) is 43.5 Å². The van der Waals surface area contributed by atoms with Crippen LogP contribution in [-0.2, 0) is 9.05 Å². The average molecular weight is 330 g/mol. The standard InChI is InChI=1S/C15H20ClNO3S/c1-3-15(4-2)9-10-17(11-15)14(18)12-7-5-6-8-13(12)21(16,19)20/h5-8H,3-4,9-11H2,1-2H3. The fourth-order valence-electron chi connectivity index (χ4n) is 2.96. The van der Waals surface area contributed by atoms with Crippen LogP contribution in [0.3, 0.4) is 0 Å². The van der Waals surface area contributed by atoms with Crippen LogP contribution < -0.4 is 0 Å². The van der Waals surface area contributed by atoms with E-state index < -0.39 is 9.05 Å². The Labute approximate surface area is 130 Å². The Morgan fingerprint density at radius 1 is 1.29 bits per heavy atom. The topological polar surface area (TPSA) is 54.5 Å². The van der Waals surface area contributed by atoms with Gasteiger partial charge in [0.05, 0.1) is 10.5 Å². The van der Waals surface area contributed by atoms with Crippen LogP contribution in [0, 0.1) is 5.41 Å². The van der Waals surface area contributed by atoms with Crippen molar-refractivity contribution in [3.63, 3.8) is 0 Å². The van der Waals surface area contributed by atoms with Crippen molar-refractivity contribution in [2.24, 2.45) is 5.41 Å². The Hall–Kier alpha value is -1.07. The largest absolute Gasteiger partial charge is 0.338 e. The molecule has 0 atom stereocenters. The first-order chi connectivity index (χ1) is 9.83. The summed E-state index contributed by atoms with van der Waals surface area (Å²) in [5.74, 6) is -0.251. The van der Waals surface area contributed by atoms with E-state index >= 15 is 0 Å². The third kappa shape index (κ3) is 3.24. The van der Waals surface area contributed by atoms with Crippen molar-refractivity contribution in [1.82, 2.24) is 4.90 Å². The van der Waals surface area contributed by atoms with Crippen LogP contribution in [0.25, 0.3) is 0 Å². The molecule has 1 amide bonds. The predicted molar refractivity (Wildman–Crippen MR) is 83.0 cm³/mol. The summed E-state index contributed by atoms with van der Waals surface area (Å²) < 4.78 is 23.2. The molecule has 6 heteroatoms. The molecule has 0 unspecified atom stereocenters. The molecule has 1 aliphatic heterocycles. The molecule has 21 heavy (non-hydrogen) atoms. The van der Waals surface area contributed by atoms with E-state index in [2.05, 4.69) is 13.8 Å². The van der Waals surface area contributed by atoms with Crippen molar-refractivity contribution in [1.29, 1.82) is 0 Å². The van der Waals surface area contributed by atoms with E-state index in [-0.39, 0.29) is 21.8 Å². The second-order valence-electron chi connectivity index (χ2n) is 5.62. The molecule has 116 valence electrons. The van der Waals surface area contributed by atoms with Gasteiger partial charge in [-0.25, -0.2) is 8.42 Å². The monoisotopic (exact) mass is 329 g/mol. The van der Waals surface area contributed by atoms with Gasteiger partial charge in [-0.15, -0.1) is 0 Å². The van der Waals surface area contributed by atoms with Crippen molar-refractivity contribution in [3.8, 4) is 0 Å². The summed E-state index contributed by atoms with van der Waals surface area (Å²) in [5.41, 5.74) is 0.320. The SMILES string of the molecule is CCC1(CC)CCN(C(=O)c2ccccc2S(=O)(=O)Cl)C1. The predicted octanol–water partition coefficient (Wildman–Crippen LogP) is 3.27. The van der Waals surface area contributed by atoms with Gasteiger partial charge < -0.3 is 4.90 Å². The van der Waals surface area contributed by atoms with E-state index in [0.717, 1.165) is 19.3 Å². The summed E-state index contributed by atoms with van der Waals surface area (Å²) >= 11 is 0. The van der Waals surface area contributed by atoms with Gasteiger partial charge in [-0.2, -0.15) is 0 Å². The molecule has 1 heterocycles. The molecule has 1 fully saturated rings. The fraction of sp³-hybridized carbons (Fsp3) is 0.533. The normalized spacial score (nSPS) is 18.0. The smallest absolute Gasteiger partial charge is 0.262 e. The Balaban J connectivity index is 2.31. The van der Waals surface area contributed by atoms with Crippen molar-refractivity contribution in [2.75, 3.05) is 13.1 Å². The van der Waals surface area contributed by atoms with Crippen LogP contribution in [0.4, 0.5) is 0 Å². The molecular formula is C15H20ClNO3S. The number of likely N-dealkylation sites (tertiary alicyclic amines) is 1. The Morgan fingerprint density at radius 2 is 1.90 bits per heavy atom. The summed E-state index contributed by atoms with van der Waals surface area (Å²) in [5, 5.41) is 0. The number of nitrogens with zero attached hydrogens (tertiary/aromatic N) is 1. The van der Waals surface area contributed by atoms with Gasteiger partial charge in [0.1, 0.15) is 0 Å². The zero-order valence-electron chi connectivity index (χ0n) is 12.3. The van der Waals surface area contributed by atoms with Crippen LogP contribution >= 0.6 is 10.7 Å². The van der Waals surface area contributed by atoms with Crippen molar-refractivity contribution in [3.05, 3.63) is 29.8 Å².